The normalized spacial score (nSPS) is 13.0. The van der Waals surface area contributed by atoms with Crippen LogP contribution in [-0.2, 0) is 5.41 Å². The van der Waals surface area contributed by atoms with E-state index in [0.717, 1.165) is 45.3 Å². The lowest BCUT2D eigenvalue weighted by Crippen LogP contribution is -2.61. The van der Waals surface area contributed by atoms with Gasteiger partial charge in [0.1, 0.15) is 0 Å². The van der Waals surface area contributed by atoms with E-state index in [1.807, 2.05) is 12.2 Å². The average Bonchev–Trinajstić information content (AvgIpc) is 3.24. The third-order valence-electron chi connectivity index (χ3n) is 12.8. The highest BCUT2D eigenvalue weighted by Crippen LogP contribution is 2.50. The third kappa shape index (κ3) is 6.88. The fraction of sp³-hybridized carbons (Fsp3) is 0.172. The zero-order valence-corrected chi connectivity index (χ0v) is 37.8. The lowest BCUT2D eigenvalue weighted by Gasteiger charge is -2.45. The van der Waals surface area contributed by atoms with Crippen LogP contribution in [0.4, 0.5) is 51.2 Å². The molecule has 0 saturated carbocycles. The Labute approximate surface area is 370 Å². The minimum absolute atomic E-state index is 0.0235. The van der Waals surface area contributed by atoms with E-state index in [1.165, 1.54) is 72.4 Å². The molecule has 0 atom stereocenters. The van der Waals surface area contributed by atoms with Gasteiger partial charge >= 0.3 is 0 Å². The number of rotatable bonds is 8. The molecule has 0 aliphatic carbocycles. The number of nitrogens with zero attached hydrogens (tertiary/aromatic N) is 3. The average molecular weight is 806 g/mol. The topological polar surface area (TPSA) is 9.72 Å². The molecule has 62 heavy (non-hydrogen) atoms. The van der Waals surface area contributed by atoms with Crippen molar-refractivity contribution >= 4 is 79.9 Å². The molecule has 4 heteroatoms. The van der Waals surface area contributed by atoms with Crippen molar-refractivity contribution < 1.29 is 0 Å². The van der Waals surface area contributed by atoms with Crippen LogP contribution in [0.1, 0.15) is 65.3 Å². The summed E-state index contributed by atoms with van der Waals surface area (Å²) in [4.78, 5) is 7.54. The van der Waals surface area contributed by atoms with Crippen molar-refractivity contribution in [1.82, 2.24) is 0 Å². The zero-order valence-electron chi connectivity index (χ0n) is 37.8. The van der Waals surface area contributed by atoms with Gasteiger partial charge in [-0.15, -0.1) is 0 Å². The Balaban J connectivity index is 1.47. The molecule has 0 unspecified atom stereocenters. The van der Waals surface area contributed by atoms with E-state index in [0.29, 0.717) is 0 Å². The molecule has 0 N–H and O–H groups in total. The number of fused-ring (bicyclic) bond motifs is 4. The van der Waals surface area contributed by atoms with Crippen LogP contribution in [0.3, 0.4) is 0 Å². The summed E-state index contributed by atoms with van der Waals surface area (Å²) in [5.41, 5.74) is 25.0. The first-order valence-corrected chi connectivity index (χ1v) is 21.9. The van der Waals surface area contributed by atoms with E-state index in [4.69, 9.17) is 0 Å². The largest absolute Gasteiger partial charge is 0.311 e. The highest BCUT2D eigenvalue weighted by atomic mass is 15.2. The van der Waals surface area contributed by atoms with Gasteiger partial charge in [-0.1, -0.05) is 153 Å². The number of aryl methyl sites for hydroxylation is 6. The van der Waals surface area contributed by atoms with E-state index in [1.54, 1.807) is 0 Å². The predicted molar refractivity (Wildman–Crippen MR) is 271 cm³/mol. The van der Waals surface area contributed by atoms with E-state index >= 15 is 0 Å². The van der Waals surface area contributed by atoms with E-state index in [-0.39, 0.29) is 12.1 Å². The maximum atomic E-state index is 4.29. The number of hydrogen-bond donors (Lipinski definition) is 0. The highest BCUT2D eigenvalue weighted by Gasteiger charge is 2.45. The fourth-order valence-electron chi connectivity index (χ4n) is 9.77. The lowest BCUT2D eigenvalue weighted by atomic mass is 9.33. The molecular weight excluding hydrogens is 749 g/mol. The first kappa shape index (κ1) is 40.6. The molecule has 0 fully saturated rings. The lowest BCUT2D eigenvalue weighted by molar-refractivity contribution is 0.591. The number of hydrogen-bond acceptors (Lipinski definition) is 3. The molecule has 0 spiro atoms. The quantitative estimate of drug-likeness (QED) is 0.112. The SMILES string of the molecule is C=C/C=C(\C=C)c1ccccc1N1c2ccc(C(C)(C)C)cc2B2c3cc(C)ccc3N(c3ccc(C)cc3)c3cc(N(c4ccc(C)cc4C)c4ccc(C)cc4C)cc1c32. The second-order valence-electron chi connectivity index (χ2n) is 18.4. The minimum Gasteiger partial charge on any atom is -0.311 e. The van der Waals surface area contributed by atoms with Crippen LogP contribution in [0.25, 0.3) is 5.57 Å². The summed E-state index contributed by atoms with van der Waals surface area (Å²) < 4.78 is 0. The summed E-state index contributed by atoms with van der Waals surface area (Å²) in [6.07, 6.45) is 5.87. The summed E-state index contributed by atoms with van der Waals surface area (Å²) in [5.74, 6) is 0. The van der Waals surface area contributed by atoms with Crippen molar-refractivity contribution in [2.24, 2.45) is 0 Å². The van der Waals surface area contributed by atoms with Crippen molar-refractivity contribution in [3.05, 3.63) is 209 Å². The number of anilines is 9. The molecule has 7 aromatic carbocycles. The Hall–Kier alpha value is -6.78. The summed E-state index contributed by atoms with van der Waals surface area (Å²) in [6, 6.07) is 50.6. The van der Waals surface area contributed by atoms with E-state index < -0.39 is 0 Å². The van der Waals surface area contributed by atoms with Crippen LogP contribution < -0.4 is 31.1 Å². The van der Waals surface area contributed by atoms with Gasteiger partial charge in [0.2, 0.25) is 0 Å². The van der Waals surface area contributed by atoms with Crippen LogP contribution in [0, 0.1) is 41.5 Å². The first-order valence-electron chi connectivity index (χ1n) is 21.9. The maximum absolute atomic E-state index is 4.29. The molecule has 2 aliphatic rings. The monoisotopic (exact) mass is 805 g/mol. The van der Waals surface area contributed by atoms with Crippen LogP contribution in [0.5, 0.6) is 0 Å². The van der Waals surface area contributed by atoms with Gasteiger partial charge in [-0.25, -0.2) is 0 Å². The molecule has 3 nitrogen and oxygen atoms in total. The van der Waals surface area contributed by atoms with Crippen LogP contribution in [0.15, 0.2) is 165 Å². The van der Waals surface area contributed by atoms with Crippen molar-refractivity contribution in [1.29, 1.82) is 0 Å². The van der Waals surface area contributed by atoms with Gasteiger partial charge in [-0.05, 0) is 140 Å². The molecule has 0 amide bonds. The van der Waals surface area contributed by atoms with Gasteiger partial charge < -0.3 is 14.7 Å². The molecule has 0 bridgehead atoms. The smallest absolute Gasteiger partial charge is 0.252 e. The molecule has 2 heterocycles. The van der Waals surface area contributed by atoms with Gasteiger partial charge in [0, 0.05) is 45.4 Å². The van der Waals surface area contributed by atoms with Crippen LogP contribution in [-0.4, -0.2) is 6.71 Å². The molecule has 306 valence electrons. The fourth-order valence-corrected chi connectivity index (χ4v) is 9.77. The summed E-state index contributed by atoms with van der Waals surface area (Å²) >= 11 is 0. The van der Waals surface area contributed by atoms with Gasteiger partial charge in [0.25, 0.3) is 6.71 Å². The molecule has 0 saturated heterocycles. The van der Waals surface area contributed by atoms with Crippen molar-refractivity contribution in [3.8, 4) is 0 Å². The molecule has 0 aromatic heterocycles. The Kier molecular flexibility index (Phi) is 10.2. The molecule has 9 rings (SSSR count). The van der Waals surface area contributed by atoms with Gasteiger partial charge in [0.15, 0.2) is 0 Å². The Morgan fingerprint density at radius 2 is 1.10 bits per heavy atom. The molecular formula is C58H56BN3. The molecule has 0 radical (unpaired) electrons. The van der Waals surface area contributed by atoms with E-state index in [2.05, 4.69) is 230 Å². The van der Waals surface area contributed by atoms with Gasteiger partial charge in [0.05, 0.1) is 11.4 Å². The minimum atomic E-state index is -0.0518. The second-order valence-corrected chi connectivity index (χ2v) is 18.4. The standard InChI is InChI=1S/C58H56BN3/c1-12-16-43(13-2)47-17-14-15-18-52(47)62-54-30-24-44(58(9,10)11)34-49(54)59-48-33-40(6)23-29-53(48)60(45-25-19-37(3)20-26-45)55-35-46(36-56(62)57(55)59)61(50-27-21-38(4)31-41(50)7)51-28-22-39(5)32-42(51)8/h12-36H,1-2H2,3-11H3/b43-16+. The van der Waals surface area contributed by atoms with Gasteiger partial charge in [-0.3, -0.25) is 0 Å². The highest BCUT2D eigenvalue weighted by molar-refractivity contribution is 7.00. The third-order valence-corrected chi connectivity index (χ3v) is 12.8. The van der Waals surface area contributed by atoms with Crippen molar-refractivity contribution in [2.45, 2.75) is 67.7 Å². The summed E-state index contributed by atoms with van der Waals surface area (Å²) in [7, 11) is 0. The van der Waals surface area contributed by atoms with Crippen LogP contribution in [0.2, 0.25) is 0 Å². The zero-order chi connectivity index (χ0) is 43.6. The number of para-hydroxylation sites is 1. The van der Waals surface area contributed by atoms with E-state index in [9.17, 15) is 0 Å². The molecule has 2 aliphatic heterocycles. The van der Waals surface area contributed by atoms with Crippen molar-refractivity contribution in [3.63, 3.8) is 0 Å². The summed E-state index contributed by atoms with van der Waals surface area (Å²) in [5, 5.41) is 0. The Bertz CT molecular complexity index is 2910. The number of allylic oxidation sites excluding steroid dienone is 4. The molecule has 7 aromatic rings. The van der Waals surface area contributed by atoms with Crippen molar-refractivity contribution in [2.75, 3.05) is 14.7 Å². The van der Waals surface area contributed by atoms with Gasteiger partial charge in [-0.2, -0.15) is 0 Å². The summed E-state index contributed by atoms with van der Waals surface area (Å²) in [6.45, 7) is 28.5. The Morgan fingerprint density at radius 3 is 1.71 bits per heavy atom. The first-order chi connectivity index (χ1) is 29.8. The Morgan fingerprint density at radius 1 is 0.548 bits per heavy atom. The second kappa shape index (κ2) is 15.6. The predicted octanol–water partition coefficient (Wildman–Crippen LogP) is 14.1. The maximum Gasteiger partial charge on any atom is 0.252 e. The van der Waals surface area contributed by atoms with Crippen LogP contribution >= 0.6 is 0 Å². The number of benzene rings is 7.